The Labute approximate surface area is 238 Å². The molecule has 7 heteroatoms. The fourth-order valence-electron chi connectivity index (χ4n) is 5.79. The summed E-state index contributed by atoms with van der Waals surface area (Å²) in [6.45, 7) is 10.5. The second kappa shape index (κ2) is 11.8. The molecule has 0 aliphatic carbocycles. The van der Waals surface area contributed by atoms with Gasteiger partial charge in [-0.1, -0.05) is 12.1 Å². The van der Waals surface area contributed by atoms with Gasteiger partial charge in [-0.05, 0) is 101 Å². The molecule has 2 aromatic heterocycles. The van der Waals surface area contributed by atoms with Gasteiger partial charge in [-0.25, -0.2) is 4.98 Å². The van der Waals surface area contributed by atoms with E-state index in [2.05, 4.69) is 72.9 Å². The number of anilines is 1. The van der Waals surface area contributed by atoms with Crippen molar-refractivity contribution in [1.82, 2.24) is 24.7 Å². The lowest BCUT2D eigenvalue weighted by Crippen LogP contribution is -2.45. The van der Waals surface area contributed by atoms with Crippen molar-refractivity contribution in [3.8, 4) is 22.3 Å². The normalized spacial score (nSPS) is 14.3. The van der Waals surface area contributed by atoms with Crippen LogP contribution in [0.5, 0.6) is 0 Å². The largest absolute Gasteiger partial charge is 0.369 e. The molecule has 0 radical (unpaired) electrons. The standard InChI is InChI=1S/C33H42N6O/c1-23-18-27(19-24(2)31(23)39-16-14-37(5)15-17-39)28-20-29-30(22-35-32(29)34-21-28)25-8-10-26(11-9-25)33(40)38(6)13-7-12-36(3)4/h8-11,18-22H,7,12-17H2,1-6H3,(H,34,35). The van der Waals surface area contributed by atoms with Gasteiger partial charge in [0.1, 0.15) is 5.65 Å². The number of aryl methyl sites for hydroxylation is 2. The molecular formula is C33H42N6O. The van der Waals surface area contributed by atoms with Gasteiger partial charge >= 0.3 is 0 Å². The zero-order chi connectivity index (χ0) is 28.4. The number of rotatable bonds is 8. The number of hydrogen-bond acceptors (Lipinski definition) is 5. The molecule has 0 atom stereocenters. The maximum Gasteiger partial charge on any atom is 0.253 e. The third kappa shape index (κ3) is 5.91. The first-order chi connectivity index (χ1) is 19.2. The van der Waals surface area contributed by atoms with Gasteiger partial charge in [0.25, 0.3) is 5.91 Å². The first kappa shape index (κ1) is 27.9. The van der Waals surface area contributed by atoms with Gasteiger partial charge in [0.15, 0.2) is 0 Å². The molecule has 0 spiro atoms. The Morgan fingerprint density at radius 3 is 2.23 bits per heavy atom. The van der Waals surface area contributed by atoms with Crippen LogP contribution < -0.4 is 4.90 Å². The lowest BCUT2D eigenvalue weighted by Gasteiger charge is -2.36. The minimum Gasteiger partial charge on any atom is -0.369 e. The third-order valence-corrected chi connectivity index (χ3v) is 8.06. The molecule has 1 aliphatic heterocycles. The molecule has 0 unspecified atom stereocenters. The summed E-state index contributed by atoms with van der Waals surface area (Å²) >= 11 is 0. The summed E-state index contributed by atoms with van der Waals surface area (Å²) in [5.74, 6) is 0.0546. The Morgan fingerprint density at radius 1 is 0.900 bits per heavy atom. The molecule has 4 aromatic rings. The quantitative estimate of drug-likeness (QED) is 0.330. The van der Waals surface area contributed by atoms with Crippen molar-refractivity contribution in [3.05, 3.63) is 71.5 Å². The molecule has 0 bridgehead atoms. The molecule has 3 heterocycles. The van der Waals surface area contributed by atoms with Crippen molar-refractivity contribution in [1.29, 1.82) is 0 Å². The monoisotopic (exact) mass is 538 g/mol. The van der Waals surface area contributed by atoms with E-state index in [1.54, 1.807) is 4.90 Å². The summed E-state index contributed by atoms with van der Waals surface area (Å²) in [7, 11) is 8.17. The third-order valence-electron chi connectivity index (χ3n) is 8.06. The number of H-pyrrole nitrogens is 1. The van der Waals surface area contributed by atoms with Crippen LogP contribution in [0.4, 0.5) is 5.69 Å². The number of carbonyl (C=O) groups excluding carboxylic acids is 1. The van der Waals surface area contributed by atoms with E-state index in [-0.39, 0.29) is 5.91 Å². The molecule has 5 rings (SSSR count). The van der Waals surface area contributed by atoms with E-state index in [0.717, 1.165) is 73.4 Å². The second-order valence-corrected chi connectivity index (χ2v) is 11.5. The van der Waals surface area contributed by atoms with Crippen LogP contribution >= 0.6 is 0 Å². The van der Waals surface area contributed by atoms with E-state index in [9.17, 15) is 4.79 Å². The summed E-state index contributed by atoms with van der Waals surface area (Å²) in [4.78, 5) is 29.9. The zero-order valence-corrected chi connectivity index (χ0v) is 24.8. The zero-order valence-electron chi connectivity index (χ0n) is 24.8. The van der Waals surface area contributed by atoms with Crippen LogP contribution in [0.1, 0.15) is 27.9 Å². The Morgan fingerprint density at radius 2 is 1.57 bits per heavy atom. The van der Waals surface area contributed by atoms with Crippen LogP contribution in [0.3, 0.4) is 0 Å². The van der Waals surface area contributed by atoms with Gasteiger partial charge < -0.3 is 24.6 Å². The highest BCUT2D eigenvalue weighted by Gasteiger charge is 2.19. The number of carbonyl (C=O) groups is 1. The van der Waals surface area contributed by atoms with E-state index in [0.29, 0.717) is 5.56 Å². The topological polar surface area (TPSA) is 58.7 Å². The fraction of sp³-hybridized carbons (Fsp3) is 0.394. The Hall–Kier alpha value is -3.68. The number of nitrogens with zero attached hydrogens (tertiary/aromatic N) is 5. The van der Waals surface area contributed by atoms with Crippen molar-refractivity contribution >= 4 is 22.6 Å². The van der Waals surface area contributed by atoms with Gasteiger partial charge in [0.05, 0.1) is 0 Å². The first-order valence-corrected chi connectivity index (χ1v) is 14.2. The van der Waals surface area contributed by atoms with Crippen molar-refractivity contribution in [2.75, 3.05) is 72.4 Å². The minimum absolute atomic E-state index is 0.0546. The predicted molar refractivity (Wildman–Crippen MR) is 166 cm³/mol. The maximum absolute atomic E-state index is 12.9. The lowest BCUT2D eigenvalue weighted by molar-refractivity contribution is 0.0790. The molecule has 0 saturated carbocycles. The number of aromatic amines is 1. The van der Waals surface area contributed by atoms with Gasteiger partial charge in [0.2, 0.25) is 0 Å². The van der Waals surface area contributed by atoms with Crippen molar-refractivity contribution < 1.29 is 4.79 Å². The average Bonchev–Trinajstić information content (AvgIpc) is 3.36. The number of aromatic nitrogens is 2. The summed E-state index contributed by atoms with van der Waals surface area (Å²) in [6.07, 6.45) is 4.93. The van der Waals surface area contributed by atoms with Gasteiger partial charge in [-0.3, -0.25) is 4.79 Å². The number of pyridine rings is 1. The van der Waals surface area contributed by atoms with E-state index in [1.807, 2.05) is 43.7 Å². The van der Waals surface area contributed by atoms with Gasteiger partial charge in [0, 0.05) is 79.9 Å². The van der Waals surface area contributed by atoms with Crippen molar-refractivity contribution in [3.63, 3.8) is 0 Å². The number of nitrogens with one attached hydrogen (secondary N) is 1. The maximum atomic E-state index is 12.9. The molecular weight excluding hydrogens is 496 g/mol. The number of hydrogen-bond donors (Lipinski definition) is 1. The van der Waals surface area contributed by atoms with Crippen LogP contribution in [-0.2, 0) is 0 Å². The predicted octanol–water partition coefficient (Wildman–Crippen LogP) is 5.29. The van der Waals surface area contributed by atoms with Crippen LogP contribution in [0, 0.1) is 13.8 Å². The molecule has 210 valence electrons. The number of amides is 1. The van der Waals surface area contributed by atoms with E-state index < -0.39 is 0 Å². The Kier molecular flexibility index (Phi) is 8.24. The van der Waals surface area contributed by atoms with Crippen molar-refractivity contribution in [2.45, 2.75) is 20.3 Å². The second-order valence-electron chi connectivity index (χ2n) is 11.5. The summed E-state index contributed by atoms with van der Waals surface area (Å²) in [5.41, 5.74) is 10.00. The van der Waals surface area contributed by atoms with Crippen LogP contribution in [0.2, 0.25) is 0 Å². The lowest BCUT2D eigenvalue weighted by atomic mass is 9.97. The highest BCUT2D eigenvalue weighted by atomic mass is 16.2. The smallest absolute Gasteiger partial charge is 0.253 e. The SMILES string of the molecule is Cc1cc(-c2cnc3[nH]cc(-c4ccc(C(=O)N(C)CCCN(C)C)cc4)c3c2)cc(C)c1N1CCN(C)CC1. The number of benzene rings is 2. The molecule has 1 saturated heterocycles. The van der Waals surface area contributed by atoms with Crippen LogP contribution in [0.15, 0.2) is 54.9 Å². The molecule has 1 fully saturated rings. The molecule has 1 aliphatic rings. The van der Waals surface area contributed by atoms with E-state index >= 15 is 0 Å². The first-order valence-electron chi connectivity index (χ1n) is 14.2. The van der Waals surface area contributed by atoms with Gasteiger partial charge in [-0.15, -0.1) is 0 Å². The number of likely N-dealkylation sites (N-methyl/N-ethyl adjacent to an activating group) is 1. The Balaban J connectivity index is 1.38. The number of piperazine rings is 1. The van der Waals surface area contributed by atoms with E-state index in [4.69, 9.17) is 4.98 Å². The highest BCUT2D eigenvalue weighted by Crippen LogP contribution is 2.35. The summed E-state index contributed by atoms with van der Waals surface area (Å²) in [6, 6.07) is 14.8. The summed E-state index contributed by atoms with van der Waals surface area (Å²) in [5, 5.41) is 1.08. The van der Waals surface area contributed by atoms with Crippen LogP contribution in [-0.4, -0.2) is 98.0 Å². The highest BCUT2D eigenvalue weighted by molar-refractivity contribution is 5.98. The van der Waals surface area contributed by atoms with E-state index in [1.165, 1.54) is 22.4 Å². The van der Waals surface area contributed by atoms with Crippen molar-refractivity contribution in [2.24, 2.45) is 0 Å². The molecule has 1 N–H and O–H groups in total. The minimum atomic E-state index is 0.0546. The molecule has 7 nitrogen and oxygen atoms in total. The average molecular weight is 539 g/mol. The number of fused-ring (bicyclic) bond motifs is 1. The van der Waals surface area contributed by atoms with Gasteiger partial charge in [-0.2, -0.15) is 0 Å². The molecule has 1 amide bonds. The Bertz CT molecular complexity index is 1460. The fourth-order valence-corrected chi connectivity index (χ4v) is 5.79. The summed E-state index contributed by atoms with van der Waals surface area (Å²) < 4.78 is 0. The molecule has 2 aromatic carbocycles. The van der Waals surface area contributed by atoms with Crippen LogP contribution in [0.25, 0.3) is 33.3 Å². The molecule has 40 heavy (non-hydrogen) atoms.